The van der Waals surface area contributed by atoms with E-state index < -0.39 is 0 Å². The molecule has 2 fully saturated rings. The predicted molar refractivity (Wildman–Crippen MR) is 52.5 cm³/mol. The normalized spacial score (nSPS) is 37.7. The van der Waals surface area contributed by atoms with Crippen LogP contribution in [0.4, 0.5) is 0 Å². The van der Waals surface area contributed by atoms with Gasteiger partial charge in [-0.15, -0.1) is 0 Å². The number of thioether (sulfide) groups is 1. The monoisotopic (exact) mass is 198 g/mol. The van der Waals surface area contributed by atoms with Gasteiger partial charge in [0.15, 0.2) is 5.78 Å². The summed E-state index contributed by atoms with van der Waals surface area (Å²) < 4.78 is 0. The van der Waals surface area contributed by atoms with Crippen molar-refractivity contribution in [2.75, 3.05) is 0 Å². The van der Waals surface area contributed by atoms with Gasteiger partial charge in [-0.1, -0.05) is 25.1 Å². The van der Waals surface area contributed by atoms with Crippen molar-refractivity contribution >= 4 is 22.7 Å². The van der Waals surface area contributed by atoms with Gasteiger partial charge in [-0.2, -0.15) is 0 Å². The average molecular weight is 198 g/mol. The first kappa shape index (κ1) is 9.25. The van der Waals surface area contributed by atoms with Crippen LogP contribution in [0.5, 0.6) is 0 Å². The molecule has 3 heteroatoms. The fourth-order valence-electron chi connectivity index (χ4n) is 2.30. The third-order valence-corrected chi connectivity index (χ3v) is 4.46. The summed E-state index contributed by atoms with van der Waals surface area (Å²) >= 11 is 1.22. The molecule has 0 aromatic carbocycles. The highest BCUT2D eigenvalue weighted by molar-refractivity contribution is 8.15. The van der Waals surface area contributed by atoms with Gasteiger partial charge in [0, 0.05) is 0 Å². The second-order valence-corrected chi connectivity index (χ2v) is 5.77. The van der Waals surface area contributed by atoms with Gasteiger partial charge >= 0.3 is 0 Å². The third-order valence-electron chi connectivity index (χ3n) is 3.41. The van der Waals surface area contributed by atoms with Crippen LogP contribution in [0.25, 0.3) is 0 Å². The number of hydrogen-bond acceptors (Lipinski definition) is 3. The maximum Gasteiger partial charge on any atom is 0.200 e. The molecule has 72 valence electrons. The topological polar surface area (TPSA) is 34.1 Å². The van der Waals surface area contributed by atoms with Gasteiger partial charge in [0.25, 0.3) is 0 Å². The molecule has 1 aliphatic heterocycles. The summed E-state index contributed by atoms with van der Waals surface area (Å²) in [6.07, 6.45) is 3.26. The van der Waals surface area contributed by atoms with Crippen molar-refractivity contribution in [1.82, 2.24) is 0 Å². The molecular weight excluding hydrogens is 184 g/mol. The fourth-order valence-corrected chi connectivity index (χ4v) is 3.44. The zero-order valence-electron chi connectivity index (χ0n) is 8.00. The van der Waals surface area contributed by atoms with Crippen LogP contribution in [0.2, 0.25) is 0 Å². The Morgan fingerprint density at radius 3 is 2.31 bits per heavy atom. The highest BCUT2D eigenvalue weighted by atomic mass is 32.2. The Morgan fingerprint density at radius 2 is 2.00 bits per heavy atom. The average Bonchev–Trinajstić information content (AvgIpc) is 2.23. The van der Waals surface area contributed by atoms with Crippen molar-refractivity contribution < 1.29 is 9.59 Å². The second-order valence-electron chi connectivity index (χ2n) is 4.42. The maximum absolute atomic E-state index is 11.7. The van der Waals surface area contributed by atoms with Gasteiger partial charge in [-0.3, -0.25) is 9.59 Å². The molecule has 2 aliphatic rings. The van der Waals surface area contributed by atoms with Crippen LogP contribution in [-0.4, -0.2) is 16.1 Å². The first-order valence-corrected chi connectivity index (χ1v) is 5.67. The van der Waals surface area contributed by atoms with E-state index in [1.54, 1.807) is 0 Å². The molecule has 2 unspecified atom stereocenters. The Bertz CT molecular complexity index is 268. The van der Waals surface area contributed by atoms with Crippen molar-refractivity contribution in [3.63, 3.8) is 0 Å². The lowest BCUT2D eigenvalue weighted by Gasteiger charge is -2.41. The lowest BCUT2D eigenvalue weighted by Crippen LogP contribution is -2.40. The number of rotatable bonds is 1. The molecule has 2 atom stereocenters. The highest BCUT2D eigenvalue weighted by Crippen LogP contribution is 2.52. The summed E-state index contributed by atoms with van der Waals surface area (Å²) in [5, 5.41) is 0.00891. The van der Waals surface area contributed by atoms with E-state index in [1.165, 1.54) is 18.2 Å². The van der Waals surface area contributed by atoms with E-state index in [9.17, 15) is 9.59 Å². The van der Waals surface area contributed by atoms with Crippen LogP contribution in [0.1, 0.15) is 33.1 Å². The van der Waals surface area contributed by atoms with Gasteiger partial charge in [0.05, 0.1) is 11.2 Å². The quantitative estimate of drug-likeness (QED) is 0.604. The summed E-state index contributed by atoms with van der Waals surface area (Å²) in [5.41, 5.74) is 0.00588. The van der Waals surface area contributed by atoms with Crippen molar-refractivity contribution in [2.45, 2.75) is 38.4 Å². The summed E-state index contributed by atoms with van der Waals surface area (Å²) in [7, 11) is 0. The van der Waals surface area contributed by atoms with Gasteiger partial charge < -0.3 is 0 Å². The lowest BCUT2D eigenvalue weighted by molar-refractivity contribution is -0.134. The minimum absolute atomic E-state index is 0.00588. The summed E-state index contributed by atoms with van der Waals surface area (Å²) in [6.45, 7) is 3.92. The van der Waals surface area contributed by atoms with Gasteiger partial charge in [-0.05, 0) is 25.2 Å². The Balaban J connectivity index is 2.23. The zero-order valence-corrected chi connectivity index (χ0v) is 8.82. The molecule has 0 bridgehead atoms. The summed E-state index contributed by atoms with van der Waals surface area (Å²) in [6, 6.07) is 0. The Morgan fingerprint density at radius 1 is 1.38 bits per heavy atom. The molecule has 0 aromatic heterocycles. The smallest absolute Gasteiger partial charge is 0.200 e. The van der Waals surface area contributed by atoms with E-state index in [0.717, 1.165) is 12.8 Å². The molecule has 1 saturated heterocycles. The van der Waals surface area contributed by atoms with E-state index in [0.29, 0.717) is 0 Å². The van der Waals surface area contributed by atoms with Crippen LogP contribution in [0, 0.1) is 11.3 Å². The Hall–Kier alpha value is -0.310. The molecule has 13 heavy (non-hydrogen) atoms. The molecule has 0 aromatic rings. The van der Waals surface area contributed by atoms with Crippen LogP contribution in [-0.2, 0) is 9.59 Å². The highest BCUT2D eigenvalue weighted by Gasteiger charge is 2.52. The van der Waals surface area contributed by atoms with E-state index in [4.69, 9.17) is 0 Å². The zero-order chi connectivity index (χ0) is 9.64. The molecule has 1 aliphatic carbocycles. The SMILES string of the molecule is CC1SC(=O)C(C2(C)CCC2)C1=O. The van der Waals surface area contributed by atoms with Crippen molar-refractivity contribution in [3.05, 3.63) is 0 Å². The van der Waals surface area contributed by atoms with Gasteiger partial charge in [0.2, 0.25) is 5.12 Å². The van der Waals surface area contributed by atoms with E-state index in [-0.39, 0.29) is 27.5 Å². The van der Waals surface area contributed by atoms with Crippen molar-refractivity contribution in [2.24, 2.45) is 11.3 Å². The summed E-state index contributed by atoms with van der Waals surface area (Å²) in [5.74, 6) is -0.126. The molecule has 0 radical (unpaired) electrons. The fraction of sp³-hybridized carbons (Fsp3) is 0.800. The molecule has 1 saturated carbocycles. The largest absolute Gasteiger partial charge is 0.298 e. The third kappa shape index (κ3) is 1.25. The minimum Gasteiger partial charge on any atom is -0.298 e. The number of carbonyl (C=O) groups excluding carboxylic acids is 2. The van der Waals surface area contributed by atoms with E-state index >= 15 is 0 Å². The van der Waals surface area contributed by atoms with Crippen LogP contribution < -0.4 is 0 Å². The Labute approximate surface area is 82.5 Å². The molecule has 2 nitrogen and oxygen atoms in total. The molecule has 2 rings (SSSR count). The number of hydrogen-bond donors (Lipinski definition) is 0. The molecule has 1 heterocycles. The van der Waals surface area contributed by atoms with Gasteiger partial charge in [0.1, 0.15) is 0 Å². The Kier molecular flexibility index (Phi) is 2.02. The first-order chi connectivity index (χ1) is 6.04. The predicted octanol–water partition coefficient (Wildman–Crippen LogP) is 2.02. The number of ketones is 1. The molecule has 0 amide bonds. The van der Waals surface area contributed by atoms with E-state index in [1.807, 2.05) is 6.92 Å². The van der Waals surface area contributed by atoms with E-state index in [2.05, 4.69) is 6.92 Å². The van der Waals surface area contributed by atoms with Crippen molar-refractivity contribution in [1.29, 1.82) is 0 Å². The van der Waals surface area contributed by atoms with Crippen LogP contribution >= 0.6 is 11.8 Å². The van der Waals surface area contributed by atoms with Crippen molar-refractivity contribution in [3.8, 4) is 0 Å². The maximum atomic E-state index is 11.7. The number of carbonyl (C=O) groups is 2. The minimum atomic E-state index is -0.291. The van der Waals surface area contributed by atoms with Crippen LogP contribution in [0.3, 0.4) is 0 Å². The molecular formula is C10H14O2S. The standard InChI is InChI=1S/C10H14O2S/c1-6-8(11)7(9(12)13-6)10(2)4-3-5-10/h6-7H,3-5H2,1-2H3. The van der Waals surface area contributed by atoms with Crippen LogP contribution in [0.15, 0.2) is 0 Å². The molecule has 0 spiro atoms. The molecule has 0 N–H and O–H groups in total. The first-order valence-electron chi connectivity index (χ1n) is 4.79. The lowest BCUT2D eigenvalue weighted by atomic mass is 9.61. The second kappa shape index (κ2) is 2.84. The van der Waals surface area contributed by atoms with Gasteiger partial charge in [-0.25, -0.2) is 0 Å². The number of Topliss-reactive ketones (excluding diaryl/α,β-unsaturated/α-hetero) is 1. The summed E-state index contributed by atoms with van der Waals surface area (Å²) in [4.78, 5) is 23.3.